The normalized spacial score (nSPS) is 10.3. The minimum Gasteiger partial charge on any atom is -0.348 e. The number of aromatic nitrogens is 1. The van der Waals surface area contributed by atoms with E-state index < -0.39 is 0 Å². The maximum absolute atomic E-state index is 12.2. The molecule has 94 valence electrons. The first-order valence-corrected chi connectivity index (χ1v) is 6.59. The van der Waals surface area contributed by atoms with E-state index in [1.165, 1.54) is 4.88 Å². The van der Waals surface area contributed by atoms with Crippen LogP contribution in [0.3, 0.4) is 0 Å². The van der Waals surface area contributed by atoms with Gasteiger partial charge in [-0.1, -0.05) is 6.08 Å². The van der Waals surface area contributed by atoms with Gasteiger partial charge in [-0.15, -0.1) is 17.9 Å². The van der Waals surface area contributed by atoms with Gasteiger partial charge in [0.05, 0.1) is 5.56 Å². The topological polar surface area (TPSA) is 34.0 Å². The third-order valence-corrected chi connectivity index (χ3v) is 4.06. The molecule has 1 amide bonds. The highest BCUT2D eigenvalue weighted by molar-refractivity contribution is 7.15. The van der Waals surface area contributed by atoms with Crippen molar-refractivity contribution in [1.82, 2.24) is 9.88 Å². The molecule has 2 aromatic rings. The summed E-state index contributed by atoms with van der Waals surface area (Å²) in [4.78, 5) is 13.4. The van der Waals surface area contributed by atoms with Crippen molar-refractivity contribution in [3.8, 4) is 5.00 Å². The predicted molar refractivity (Wildman–Crippen MR) is 75.7 cm³/mol. The first kappa shape index (κ1) is 12.6. The Hall–Kier alpha value is -1.81. The SMILES string of the molecule is C=CCNC(=O)c1c(-n2cccc2)sc(C)c1C. The molecule has 2 rings (SSSR count). The summed E-state index contributed by atoms with van der Waals surface area (Å²) in [6, 6.07) is 3.91. The molecule has 3 nitrogen and oxygen atoms in total. The molecule has 0 unspecified atom stereocenters. The molecular formula is C14H16N2OS. The van der Waals surface area contributed by atoms with Crippen LogP contribution in [0.2, 0.25) is 0 Å². The molecule has 0 saturated heterocycles. The Kier molecular flexibility index (Phi) is 3.67. The first-order chi connectivity index (χ1) is 8.65. The van der Waals surface area contributed by atoms with E-state index in [-0.39, 0.29) is 5.91 Å². The molecule has 18 heavy (non-hydrogen) atoms. The van der Waals surface area contributed by atoms with Crippen LogP contribution in [0, 0.1) is 13.8 Å². The van der Waals surface area contributed by atoms with Crippen LogP contribution >= 0.6 is 11.3 Å². The Morgan fingerprint density at radius 3 is 2.72 bits per heavy atom. The number of thiophene rings is 1. The van der Waals surface area contributed by atoms with Gasteiger partial charge in [-0.3, -0.25) is 4.79 Å². The van der Waals surface area contributed by atoms with Crippen molar-refractivity contribution in [3.05, 3.63) is 53.2 Å². The fraction of sp³-hybridized carbons (Fsp3) is 0.214. The van der Waals surface area contributed by atoms with Gasteiger partial charge in [0.1, 0.15) is 5.00 Å². The van der Waals surface area contributed by atoms with Crippen molar-refractivity contribution < 1.29 is 4.79 Å². The minimum atomic E-state index is -0.0413. The number of carbonyl (C=O) groups is 1. The second-order valence-corrected chi connectivity index (χ2v) is 5.26. The summed E-state index contributed by atoms with van der Waals surface area (Å²) >= 11 is 1.64. The van der Waals surface area contributed by atoms with Gasteiger partial charge in [0.2, 0.25) is 0 Å². The lowest BCUT2D eigenvalue weighted by Gasteiger charge is -2.06. The molecule has 0 atom stereocenters. The summed E-state index contributed by atoms with van der Waals surface area (Å²) in [6.45, 7) is 8.12. The number of nitrogens with one attached hydrogen (secondary N) is 1. The minimum absolute atomic E-state index is 0.0413. The molecule has 0 aliphatic carbocycles. The van der Waals surface area contributed by atoms with Crippen LogP contribution in [0.25, 0.3) is 5.00 Å². The standard InChI is InChI=1S/C14H16N2OS/c1-4-7-15-13(17)12-10(2)11(3)18-14(12)16-8-5-6-9-16/h4-6,8-9H,1,7H2,2-3H3,(H,15,17). The Balaban J connectivity index is 2.45. The lowest BCUT2D eigenvalue weighted by molar-refractivity contribution is 0.0958. The average Bonchev–Trinajstić information content (AvgIpc) is 2.96. The Morgan fingerprint density at radius 2 is 2.11 bits per heavy atom. The van der Waals surface area contributed by atoms with Crippen molar-refractivity contribution in [2.24, 2.45) is 0 Å². The van der Waals surface area contributed by atoms with Crippen LogP contribution < -0.4 is 5.32 Å². The van der Waals surface area contributed by atoms with Crippen LogP contribution in [-0.2, 0) is 0 Å². The zero-order valence-electron chi connectivity index (χ0n) is 10.6. The Bertz CT molecular complexity index is 567. The Labute approximate surface area is 111 Å². The number of carbonyl (C=O) groups excluding carboxylic acids is 1. The summed E-state index contributed by atoms with van der Waals surface area (Å²) in [5, 5.41) is 3.81. The molecule has 4 heteroatoms. The molecule has 0 fully saturated rings. The van der Waals surface area contributed by atoms with Gasteiger partial charge in [-0.25, -0.2) is 0 Å². The molecule has 2 aromatic heterocycles. The third kappa shape index (κ3) is 2.24. The van der Waals surface area contributed by atoms with Crippen LogP contribution in [-0.4, -0.2) is 17.0 Å². The highest BCUT2D eigenvalue weighted by Crippen LogP contribution is 2.30. The fourth-order valence-electron chi connectivity index (χ4n) is 1.78. The third-order valence-electron chi connectivity index (χ3n) is 2.84. The van der Waals surface area contributed by atoms with Crippen LogP contribution in [0.15, 0.2) is 37.2 Å². The van der Waals surface area contributed by atoms with E-state index in [1.54, 1.807) is 17.4 Å². The first-order valence-electron chi connectivity index (χ1n) is 5.77. The number of amides is 1. The number of rotatable bonds is 4. The number of aryl methyl sites for hydroxylation is 1. The predicted octanol–water partition coefficient (Wildman–Crippen LogP) is 3.07. The molecule has 0 aromatic carbocycles. The van der Waals surface area contributed by atoms with Crippen LogP contribution in [0.1, 0.15) is 20.8 Å². The molecule has 0 radical (unpaired) electrons. The maximum Gasteiger partial charge on any atom is 0.254 e. The van der Waals surface area contributed by atoms with E-state index in [4.69, 9.17) is 0 Å². The van der Waals surface area contributed by atoms with Gasteiger partial charge in [-0.2, -0.15) is 0 Å². The summed E-state index contributed by atoms with van der Waals surface area (Å²) in [6.07, 6.45) is 5.59. The summed E-state index contributed by atoms with van der Waals surface area (Å²) in [5.41, 5.74) is 1.81. The lowest BCUT2D eigenvalue weighted by atomic mass is 10.1. The van der Waals surface area contributed by atoms with Crippen molar-refractivity contribution in [1.29, 1.82) is 0 Å². The molecule has 0 spiro atoms. The number of nitrogens with zero attached hydrogens (tertiary/aromatic N) is 1. The monoisotopic (exact) mass is 260 g/mol. The fourth-order valence-corrected chi connectivity index (χ4v) is 2.90. The van der Waals surface area contributed by atoms with Crippen molar-refractivity contribution in [2.45, 2.75) is 13.8 Å². The highest BCUT2D eigenvalue weighted by atomic mass is 32.1. The molecular weight excluding hydrogens is 244 g/mol. The lowest BCUT2D eigenvalue weighted by Crippen LogP contribution is -2.24. The largest absolute Gasteiger partial charge is 0.348 e. The van der Waals surface area contributed by atoms with Gasteiger partial charge < -0.3 is 9.88 Å². The van der Waals surface area contributed by atoms with E-state index in [0.717, 1.165) is 16.1 Å². The van der Waals surface area contributed by atoms with Gasteiger partial charge in [-0.05, 0) is 31.5 Å². The zero-order valence-corrected chi connectivity index (χ0v) is 11.4. The number of hydrogen-bond donors (Lipinski definition) is 1. The molecule has 0 aliphatic heterocycles. The second-order valence-electron chi connectivity index (χ2n) is 4.05. The van der Waals surface area contributed by atoms with Gasteiger partial charge in [0.15, 0.2) is 0 Å². The zero-order chi connectivity index (χ0) is 13.1. The van der Waals surface area contributed by atoms with Gasteiger partial charge >= 0.3 is 0 Å². The molecule has 0 aliphatic rings. The van der Waals surface area contributed by atoms with E-state index in [1.807, 2.05) is 42.9 Å². The quantitative estimate of drug-likeness (QED) is 0.842. The second kappa shape index (κ2) is 5.23. The summed E-state index contributed by atoms with van der Waals surface area (Å²) in [5.74, 6) is -0.0413. The molecule has 0 bridgehead atoms. The van der Waals surface area contributed by atoms with Gasteiger partial charge in [0, 0.05) is 23.8 Å². The maximum atomic E-state index is 12.2. The van der Waals surface area contributed by atoms with Crippen LogP contribution in [0.5, 0.6) is 0 Å². The molecule has 0 saturated carbocycles. The van der Waals surface area contributed by atoms with E-state index in [9.17, 15) is 4.79 Å². The van der Waals surface area contributed by atoms with Crippen molar-refractivity contribution in [2.75, 3.05) is 6.54 Å². The van der Waals surface area contributed by atoms with E-state index >= 15 is 0 Å². The highest BCUT2D eigenvalue weighted by Gasteiger charge is 2.19. The van der Waals surface area contributed by atoms with Crippen LogP contribution in [0.4, 0.5) is 0 Å². The summed E-state index contributed by atoms with van der Waals surface area (Å²) in [7, 11) is 0. The number of hydrogen-bond acceptors (Lipinski definition) is 2. The smallest absolute Gasteiger partial charge is 0.254 e. The van der Waals surface area contributed by atoms with Crippen molar-refractivity contribution >= 4 is 17.2 Å². The average molecular weight is 260 g/mol. The molecule has 1 N–H and O–H groups in total. The summed E-state index contributed by atoms with van der Waals surface area (Å²) < 4.78 is 1.98. The molecule has 2 heterocycles. The van der Waals surface area contributed by atoms with E-state index in [0.29, 0.717) is 6.54 Å². The Morgan fingerprint density at radius 1 is 1.44 bits per heavy atom. The van der Waals surface area contributed by atoms with Crippen molar-refractivity contribution in [3.63, 3.8) is 0 Å². The van der Waals surface area contributed by atoms with Gasteiger partial charge in [0.25, 0.3) is 5.91 Å². The van der Waals surface area contributed by atoms with E-state index in [2.05, 4.69) is 11.9 Å².